The first-order valence-corrected chi connectivity index (χ1v) is 15.7. The van der Waals surface area contributed by atoms with E-state index in [2.05, 4.69) is 130 Å². The normalized spacial score (nSPS) is 12.8. The van der Waals surface area contributed by atoms with Crippen molar-refractivity contribution in [3.8, 4) is 28.3 Å². The molecule has 2 aliphatic heterocycles. The molecule has 0 atom stereocenters. The van der Waals surface area contributed by atoms with Crippen molar-refractivity contribution in [3.05, 3.63) is 118 Å². The second-order valence-electron chi connectivity index (χ2n) is 14.2. The van der Waals surface area contributed by atoms with Gasteiger partial charge in [-0.2, -0.15) is 5.26 Å². The Morgan fingerprint density at radius 1 is 0.565 bits per heavy atom. The van der Waals surface area contributed by atoms with E-state index in [9.17, 15) is 5.26 Å². The fourth-order valence-corrected chi connectivity index (χ4v) is 5.98. The SMILES string of the molecule is CC(C)(C)c1cc(-c2cc3[nH]c2cc2nc(cc4ccc(cc5nc(c3-c3ccc(C#N)cc3)C=C5)[nH]4)C=C2)cc(C(C)(C)C)c1. The second kappa shape index (κ2) is 10.9. The van der Waals surface area contributed by atoms with Gasteiger partial charge in [0.25, 0.3) is 0 Å². The van der Waals surface area contributed by atoms with Gasteiger partial charge in [-0.05, 0) is 106 Å². The van der Waals surface area contributed by atoms with Crippen LogP contribution in [0.4, 0.5) is 0 Å². The first-order chi connectivity index (χ1) is 21.9. The van der Waals surface area contributed by atoms with Gasteiger partial charge >= 0.3 is 0 Å². The zero-order valence-corrected chi connectivity index (χ0v) is 27.2. The summed E-state index contributed by atoms with van der Waals surface area (Å²) in [6, 6.07) is 29.6. The van der Waals surface area contributed by atoms with Gasteiger partial charge < -0.3 is 9.97 Å². The van der Waals surface area contributed by atoms with Crippen LogP contribution >= 0.6 is 0 Å². The minimum Gasteiger partial charge on any atom is -0.355 e. The van der Waals surface area contributed by atoms with Crippen molar-refractivity contribution in [2.75, 3.05) is 0 Å². The summed E-state index contributed by atoms with van der Waals surface area (Å²) >= 11 is 0. The van der Waals surface area contributed by atoms with Crippen LogP contribution < -0.4 is 0 Å². The summed E-state index contributed by atoms with van der Waals surface area (Å²) < 4.78 is 0. The fourth-order valence-electron chi connectivity index (χ4n) is 5.98. The zero-order chi connectivity index (χ0) is 32.2. The number of hydrogen-bond acceptors (Lipinski definition) is 3. The van der Waals surface area contributed by atoms with Crippen molar-refractivity contribution in [1.82, 2.24) is 19.9 Å². The highest BCUT2D eigenvalue weighted by Crippen LogP contribution is 2.38. The molecule has 0 aliphatic carbocycles. The van der Waals surface area contributed by atoms with Gasteiger partial charge in [0, 0.05) is 33.2 Å². The number of nitrogens with zero attached hydrogens (tertiary/aromatic N) is 3. The van der Waals surface area contributed by atoms with Gasteiger partial charge in [0.05, 0.1) is 34.4 Å². The van der Waals surface area contributed by atoms with E-state index in [1.54, 1.807) is 0 Å². The van der Waals surface area contributed by atoms with Gasteiger partial charge in [-0.3, -0.25) is 0 Å². The lowest BCUT2D eigenvalue weighted by Crippen LogP contribution is -2.16. The molecular weight excluding hydrogens is 562 g/mol. The lowest BCUT2D eigenvalue weighted by Gasteiger charge is -2.26. The first-order valence-electron chi connectivity index (χ1n) is 15.7. The van der Waals surface area contributed by atoms with Gasteiger partial charge in [-0.1, -0.05) is 71.9 Å². The number of nitriles is 1. The third-order valence-corrected chi connectivity index (χ3v) is 8.63. The summed E-state index contributed by atoms with van der Waals surface area (Å²) in [5, 5.41) is 9.50. The number of fused-ring (bicyclic) bond motifs is 8. The molecule has 3 aromatic heterocycles. The molecule has 8 bridgehead atoms. The van der Waals surface area contributed by atoms with Crippen molar-refractivity contribution in [1.29, 1.82) is 5.26 Å². The topological polar surface area (TPSA) is 81.2 Å². The fraction of sp³-hybridized carbons (Fsp3) is 0.195. The van der Waals surface area contributed by atoms with Gasteiger partial charge in [0.2, 0.25) is 0 Å². The van der Waals surface area contributed by atoms with Crippen molar-refractivity contribution >= 4 is 46.4 Å². The van der Waals surface area contributed by atoms with E-state index in [4.69, 9.17) is 9.97 Å². The largest absolute Gasteiger partial charge is 0.355 e. The predicted octanol–water partition coefficient (Wildman–Crippen LogP) is 10.5. The summed E-state index contributed by atoms with van der Waals surface area (Å²) in [7, 11) is 0. The zero-order valence-electron chi connectivity index (χ0n) is 27.2. The van der Waals surface area contributed by atoms with E-state index in [0.717, 1.165) is 67.1 Å². The molecule has 46 heavy (non-hydrogen) atoms. The lowest BCUT2D eigenvalue weighted by molar-refractivity contribution is 0.569. The summed E-state index contributed by atoms with van der Waals surface area (Å²) in [5.74, 6) is 0. The molecule has 226 valence electrons. The van der Waals surface area contributed by atoms with Crippen molar-refractivity contribution in [2.24, 2.45) is 0 Å². The maximum Gasteiger partial charge on any atom is 0.0991 e. The molecule has 2 N–H and O–H groups in total. The molecule has 0 radical (unpaired) electrons. The maximum atomic E-state index is 9.50. The summed E-state index contributed by atoms with van der Waals surface area (Å²) in [6.07, 6.45) is 8.23. The summed E-state index contributed by atoms with van der Waals surface area (Å²) in [6.45, 7) is 13.6. The van der Waals surface area contributed by atoms with Crippen LogP contribution in [-0.4, -0.2) is 19.9 Å². The van der Waals surface area contributed by atoms with Crippen LogP contribution in [0.15, 0.2) is 78.9 Å². The molecule has 5 heterocycles. The smallest absolute Gasteiger partial charge is 0.0991 e. The molecule has 0 spiro atoms. The second-order valence-corrected chi connectivity index (χ2v) is 14.2. The molecule has 5 nitrogen and oxygen atoms in total. The number of rotatable bonds is 2. The highest BCUT2D eigenvalue weighted by Gasteiger charge is 2.22. The Kier molecular flexibility index (Phi) is 6.90. The number of nitrogens with one attached hydrogen (secondary N) is 2. The molecule has 0 fully saturated rings. The maximum absolute atomic E-state index is 9.50. The number of aromatic nitrogens is 4. The van der Waals surface area contributed by atoms with Crippen molar-refractivity contribution in [2.45, 2.75) is 52.4 Å². The van der Waals surface area contributed by atoms with Crippen LogP contribution in [0.2, 0.25) is 0 Å². The van der Waals surface area contributed by atoms with E-state index in [-0.39, 0.29) is 10.8 Å². The Balaban J connectivity index is 1.61. The van der Waals surface area contributed by atoms with E-state index in [1.165, 1.54) is 11.1 Å². The Hall–Kier alpha value is -5.47. The molecule has 0 amide bonds. The number of benzene rings is 2. The average Bonchev–Trinajstić information content (AvgIpc) is 3.82. The predicted molar refractivity (Wildman–Crippen MR) is 192 cm³/mol. The monoisotopic (exact) mass is 599 g/mol. The molecule has 2 aliphatic rings. The van der Waals surface area contributed by atoms with Crippen LogP contribution in [-0.2, 0) is 10.8 Å². The van der Waals surface area contributed by atoms with E-state index in [0.29, 0.717) is 5.56 Å². The molecule has 5 heteroatoms. The number of aromatic amines is 2. The van der Waals surface area contributed by atoms with Crippen LogP contribution in [0.5, 0.6) is 0 Å². The van der Waals surface area contributed by atoms with E-state index >= 15 is 0 Å². The highest BCUT2D eigenvalue weighted by molar-refractivity contribution is 5.96. The van der Waals surface area contributed by atoms with Crippen LogP contribution in [0.3, 0.4) is 0 Å². The van der Waals surface area contributed by atoms with Crippen LogP contribution in [0.1, 0.15) is 81.0 Å². The third-order valence-electron chi connectivity index (χ3n) is 8.63. The van der Waals surface area contributed by atoms with Crippen LogP contribution in [0.25, 0.3) is 68.6 Å². The Morgan fingerprint density at radius 2 is 1.15 bits per heavy atom. The minimum atomic E-state index is -0.0211. The summed E-state index contributed by atoms with van der Waals surface area (Å²) in [4.78, 5) is 17.3. The highest BCUT2D eigenvalue weighted by atomic mass is 14.8. The first kappa shape index (κ1) is 29.3. The van der Waals surface area contributed by atoms with Gasteiger partial charge in [-0.15, -0.1) is 0 Å². The summed E-state index contributed by atoms with van der Waals surface area (Å²) in [5.41, 5.74) is 14.7. The van der Waals surface area contributed by atoms with Gasteiger partial charge in [0.15, 0.2) is 0 Å². The van der Waals surface area contributed by atoms with Gasteiger partial charge in [-0.25, -0.2) is 9.97 Å². The van der Waals surface area contributed by atoms with E-state index < -0.39 is 0 Å². The molecule has 7 rings (SSSR count). The van der Waals surface area contributed by atoms with Gasteiger partial charge in [0.1, 0.15) is 0 Å². The molecular formula is C41H37N5. The molecule has 0 saturated heterocycles. The van der Waals surface area contributed by atoms with E-state index in [1.807, 2.05) is 30.3 Å². The van der Waals surface area contributed by atoms with Crippen molar-refractivity contribution < 1.29 is 0 Å². The lowest BCUT2D eigenvalue weighted by atomic mass is 9.79. The van der Waals surface area contributed by atoms with Crippen molar-refractivity contribution in [3.63, 3.8) is 0 Å². The Bertz CT molecular complexity index is 2240. The standard InChI is InChI=1S/C41H37N5/c1-40(2,3)28-17-27(18-29(19-28)41(4,5)6)35-23-38-39(26-9-7-25(24-42)8-10-26)36-16-15-33(45-36)21-32-12-11-30(43-32)20-31-13-14-34(44-31)22-37(35)46-38/h7-23,43,46H,1-6H3. The molecule has 0 unspecified atom stereocenters. The number of hydrogen-bond donors (Lipinski definition) is 2. The van der Waals surface area contributed by atoms with Crippen LogP contribution in [0, 0.1) is 11.3 Å². The molecule has 0 saturated carbocycles. The average molecular weight is 600 g/mol. The Morgan fingerprint density at radius 3 is 1.76 bits per heavy atom. The minimum absolute atomic E-state index is 0.0211. The quantitative estimate of drug-likeness (QED) is 0.207. The molecule has 5 aromatic rings. The third kappa shape index (κ3) is 5.71. The molecule has 2 aromatic carbocycles. The number of H-pyrrole nitrogens is 2. The Labute approximate surface area is 270 Å².